The Morgan fingerprint density at radius 1 is 1.21 bits per heavy atom. The molecule has 0 saturated heterocycles. The van der Waals surface area contributed by atoms with E-state index in [-0.39, 0.29) is 29.0 Å². The minimum atomic E-state index is -1.81. The third-order valence-corrected chi connectivity index (χ3v) is 2.25. The van der Waals surface area contributed by atoms with Crippen molar-refractivity contribution in [3.63, 3.8) is 0 Å². The molecular formula is C13H20BFO4. The molecule has 0 radical (unpaired) electrons. The molecule has 2 N–H and O–H groups in total. The van der Waals surface area contributed by atoms with Crippen molar-refractivity contribution < 1.29 is 23.9 Å². The number of halogens is 1. The number of ether oxygens (including phenoxy) is 2. The Bertz CT molecular complexity index is 421. The van der Waals surface area contributed by atoms with Gasteiger partial charge in [0.05, 0.1) is 12.7 Å². The highest BCUT2D eigenvalue weighted by molar-refractivity contribution is 6.59. The summed E-state index contributed by atoms with van der Waals surface area (Å²) < 4.78 is 24.5. The fourth-order valence-corrected chi connectivity index (χ4v) is 1.51. The van der Waals surface area contributed by atoms with E-state index in [0.29, 0.717) is 6.61 Å². The monoisotopic (exact) mass is 270 g/mol. The molecule has 0 unspecified atom stereocenters. The van der Waals surface area contributed by atoms with Crippen molar-refractivity contribution in [3.8, 4) is 11.5 Å². The summed E-state index contributed by atoms with van der Waals surface area (Å²) in [5.41, 5.74) is -0.0348. The van der Waals surface area contributed by atoms with Gasteiger partial charge >= 0.3 is 7.12 Å². The van der Waals surface area contributed by atoms with E-state index in [0.717, 1.165) is 6.07 Å². The maximum atomic E-state index is 13.5. The van der Waals surface area contributed by atoms with Gasteiger partial charge in [-0.25, -0.2) is 4.39 Å². The molecular weight excluding hydrogens is 250 g/mol. The van der Waals surface area contributed by atoms with Crippen molar-refractivity contribution in [2.75, 3.05) is 6.61 Å². The van der Waals surface area contributed by atoms with Crippen LogP contribution in [0.3, 0.4) is 0 Å². The molecule has 0 aliphatic heterocycles. The molecule has 0 spiro atoms. The van der Waals surface area contributed by atoms with E-state index < -0.39 is 12.9 Å². The van der Waals surface area contributed by atoms with Crippen molar-refractivity contribution >= 4 is 12.6 Å². The Morgan fingerprint density at radius 2 is 1.84 bits per heavy atom. The highest BCUT2D eigenvalue weighted by Gasteiger charge is 2.23. The molecule has 0 bridgehead atoms. The van der Waals surface area contributed by atoms with Crippen LogP contribution in [-0.4, -0.2) is 29.9 Å². The van der Waals surface area contributed by atoms with Gasteiger partial charge in [0.25, 0.3) is 0 Å². The summed E-state index contributed by atoms with van der Waals surface area (Å²) in [4.78, 5) is 0. The van der Waals surface area contributed by atoms with Gasteiger partial charge in [-0.2, -0.15) is 0 Å². The summed E-state index contributed by atoms with van der Waals surface area (Å²) >= 11 is 0. The number of hydrogen-bond acceptors (Lipinski definition) is 4. The average Bonchev–Trinajstić information content (AvgIpc) is 2.27. The molecule has 0 amide bonds. The summed E-state index contributed by atoms with van der Waals surface area (Å²) in [7, 11) is -1.81. The lowest BCUT2D eigenvalue weighted by molar-refractivity contribution is 0.212. The van der Waals surface area contributed by atoms with Gasteiger partial charge in [-0.3, -0.25) is 0 Å². The first-order valence-corrected chi connectivity index (χ1v) is 6.30. The second-order valence-corrected chi connectivity index (χ2v) is 5.07. The van der Waals surface area contributed by atoms with Crippen LogP contribution in [0.1, 0.15) is 27.7 Å². The van der Waals surface area contributed by atoms with Crippen LogP contribution in [-0.2, 0) is 0 Å². The van der Waals surface area contributed by atoms with Gasteiger partial charge < -0.3 is 19.5 Å². The lowest BCUT2D eigenvalue weighted by atomic mass is 9.79. The van der Waals surface area contributed by atoms with Crippen LogP contribution in [0.4, 0.5) is 4.39 Å². The molecule has 1 rings (SSSR count). The Kier molecular flexibility index (Phi) is 5.63. The van der Waals surface area contributed by atoms with Crippen molar-refractivity contribution in [1.29, 1.82) is 0 Å². The lowest BCUT2D eigenvalue weighted by Crippen LogP contribution is -2.33. The first-order chi connectivity index (χ1) is 8.81. The van der Waals surface area contributed by atoms with E-state index in [9.17, 15) is 14.4 Å². The zero-order valence-corrected chi connectivity index (χ0v) is 11.7. The molecule has 4 nitrogen and oxygen atoms in total. The molecule has 0 saturated carbocycles. The van der Waals surface area contributed by atoms with E-state index in [2.05, 4.69) is 0 Å². The number of rotatable bonds is 6. The quantitative estimate of drug-likeness (QED) is 0.765. The van der Waals surface area contributed by atoms with E-state index >= 15 is 0 Å². The summed E-state index contributed by atoms with van der Waals surface area (Å²) in [5, 5.41) is 18.6. The van der Waals surface area contributed by atoms with Gasteiger partial charge in [0.15, 0.2) is 11.5 Å². The average molecular weight is 270 g/mol. The van der Waals surface area contributed by atoms with Crippen molar-refractivity contribution in [2.45, 2.75) is 33.8 Å². The molecule has 106 valence electrons. The van der Waals surface area contributed by atoms with Crippen LogP contribution in [0, 0.1) is 11.7 Å². The third-order valence-electron chi connectivity index (χ3n) is 2.25. The normalized spacial score (nSPS) is 11.0. The van der Waals surface area contributed by atoms with Crippen molar-refractivity contribution in [3.05, 3.63) is 17.9 Å². The van der Waals surface area contributed by atoms with Crippen molar-refractivity contribution in [1.82, 2.24) is 0 Å². The van der Waals surface area contributed by atoms with Crippen LogP contribution in [0.5, 0.6) is 11.5 Å². The molecule has 6 heteroatoms. The van der Waals surface area contributed by atoms with Crippen LogP contribution in [0.25, 0.3) is 0 Å². The number of hydrogen-bond donors (Lipinski definition) is 2. The van der Waals surface area contributed by atoms with E-state index in [4.69, 9.17) is 9.47 Å². The van der Waals surface area contributed by atoms with Gasteiger partial charge in [0.2, 0.25) is 0 Å². The third kappa shape index (κ3) is 4.72. The second kappa shape index (κ2) is 6.77. The largest absolute Gasteiger partial charge is 0.492 e. The summed E-state index contributed by atoms with van der Waals surface area (Å²) in [6.45, 7) is 7.90. The van der Waals surface area contributed by atoms with Crippen molar-refractivity contribution in [2.24, 2.45) is 5.92 Å². The maximum absolute atomic E-state index is 13.5. The maximum Gasteiger partial charge on any atom is 0.492 e. The topological polar surface area (TPSA) is 58.9 Å². The highest BCUT2D eigenvalue weighted by Crippen LogP contribution is 2.28. The van der Waals surface area contributed by atoms with Gasteiger partial charge in [-0.05, 0) is 25.8 Å². The van der Waals surface area contributed by atoms with E-state index in [1.54, 1.807) is 13.8 Å². The fourth-order valence-electron chi connectivity index (χ4n) is 1.51. The van der Waals surface area contributed by atoms with Gasteiger partial charge in [-0.15, -0.1) is 0 Å². The Balaban J connectivity index is 3.17. The predicted octanol–water partition coefficient (Wildman–Crippen LogP) is 1.33. The summed E-state index contributed by atoms with van der Waals surface area (Å²) in [6.07, 6.45) is -0.190. The second-order valence-electron chi connectivity index (χ2n) is 5.07. The molecule has 0 heterocycles. The number of benzene rings is 1. The highest BCUT2D eigenvalue weighted by atomic mass is 19.1. The first kappa shape index (κ1) is 15.8. The minimum Gasteiger partial charge on any atom is -0.489 e. The summed E-state index contributed by atoms with van der Waals surface area (Å²) in [5.74, 6) is 0.0215. The van der Waals surface area contributed by atoms with Gasteiger partial charge in [0, 0.05) is 11.5 Å². The standard InChI is InChI=1S/C13H20BFO4/c1-8(2)7-18-12-6-10(15)5-11(14(16)17)13(12)19-9(3)4/h5-6,8-9,16-17H,7H2,1-4H3. The summed E-state index contributed by atoms with van der Waals surface area (Å²) in [6, 6.07) is 2.22. The molecule has 0 aliphatic carbocycles. The fraction of sp³-hybridized carbons (Fsp3) is 0.538. The van der Waals surface area contributed by atoms with Crippen LogP contribution in [0.15, 0.2) is 12.1 Å². The first-order valence-electron chi connectivity index (χ1n) is 6.30. The molecule has 1 aromatic rings. The SMILES string of the molecule is CC(C)COc1cc(F)cc(B(O)O)c1OC(C)C. The van der Waals surface area contributed by atoms with Crippen LogP contribution < -0.4 is 14.9 Å². The zero-order chi connectivity index (χ0) is 14.6. The van der Waals surface area contributed by atoms with E-state index in [1.165, 1.54) is 6.07 Å². The molecule has 0 aromatic heterocycles. The Hall–Kier alpha value is -1.27. The molecule has 0 aliphatic rings. The van der Waals surface area contributed by atoms with Crippen LogP contribution >= 0.6 is 0 Å². The molecule has 0 fully saturated rings. The van der Waals surface area contributed by atoms with Gasteiger partial charge in [-0.1, -0.05) is 13.8 Å². The Labute approximate surface area is 113 Å². The molecule has 1 aromatic carbocycles. The molecule has 0 atom stereocenters. The predicted molar refractivity (Wildman–Crippen MR) is 72.3 cm³/mol. The van der Waals surface area contributed by atoms with E-state index in [1.807, 2.05) is 13.8 Å². The van der Waals surface area contributed by atoms with Crippen LogP contribution in [0.2, 0.25) is 0 Å². The lowest BCUT2D eigenvalue weighted by Gasteiger charge is -2.19. The Morgan fingerprint density at radius 3 is 2.32 bits per heavy atom. The molecule has 19 heavy (non-hydrogen) atoms. The minimum absolute atomic E-state index is 0.0348. The smallest absolute Gasteiger partial charge is 0.489 e. The zero-order valence-electron chi connectivity index (χ0n) is 11.7. The van der Waals surface area contributed by atoms with Gasteiger partial charge in [0.1, 0.15) is 5.82 Å².